The summed E-state index contributed by atoms with van der Waals surface area (Å²) >= 11 is 0. The lowest BCUT2D eigenvalue weighted by molar-refractivity contribution is 0.653. The average molecular weight is 401 g/mol. The van der Waals surface area contributed by atoms with Crippen LogP contribution in [-0.4, -0.2) is 38.6 Å². The highest BCUT2D eigenvalue weighted by atomic mass is 35.5. The fourth-order valence-electron chi connectivity index (χ4n) is 3.53. The number of piperazine rings is 1. The maximum atomic E-state index is 6.15. The molecule has 1 saturated heterocycles. The molecule has 0 aromatic heterocycles. The minimum absolute atomic E-state index is 0. The van der Waals surface area contributed by atoms with Crippen molar-refractivity contribution in [2.75, 3.05) is 42.5 Å². The van der Waals surface area contributed by atoms with Crippen LogP contribution in [0.1, 0.15) is 38.2 Å². The highest BCUT2D eigenvalue weighted by Crippen LogP contribution is 2.20. The molecule has 2 aromatic carbocycles. The van der Waals surface area contributed by atoms with E-state index in [0.717, 1.165) is 44.7 Å². The van der Waals surface area contributed by atoms with Crippen LogP contribution in [0, 0.1) is 0 Å². The molecule has 1 heterocycles. The fraction of sp³-hybridized carbons (Fsp3) is 0.435. The van der Waals surface area contributed by atoms with Crippen molar-refractivity contribution in [1.29, 1.82) is 0 Å². The third-order valence-electron chi connectivity index (χ3n) is 5.22. The van der Waals surface area contributed by atoms with E-state index in [1.54, 1.807) is 0 Å². The number of nitrogens with zero attached hydrogens (tertiary/aromatic N) is 3. The van der Waals surface area contributed by atoms with E-state index in [9.17, 15) is 0 Å². The van der Waals surface area contributed by atoms with Crippen LogP contribution < -0.4 is 15.5 Å². The molecule has 28 heavy (non-hydrogen) atoms. The van der Waals surface area contributed by atoms with Crippen molar-refractivity contribution >= 4 is 29.6 Å². The van der Waals surface area contributed by atoms with E-state index < -0.39 is 0 Å². The van der Waals surface area contributed by atoms with Crippen molar-refractivity contribution in [3.05, 3.63) is 60.2 Å². The quantitative estimate of drug-likeness (QED) is 0.396. The molecule has 0 amide bonds. The molecule has 1 aliphatic rings. The van der Waals surface area contributed by atoms with E-state index in [0.29, 0.717) is 5.84 Å². The van der Waals surface area contributed by atoms with Crippen molar-refractivity contribution in [3.8, 4) is 0 Å². The molecule has 0 saturated carbocycles. The molecule has 1 aliphatic heterocycles. The first-order valence-corrected chi connectivity index (χ1v) is 10.2. The molecule has 152 valence electrons. The summed E-state index contributed by atoms with van der Waals surface area (Å²) in [4.78, 5) is 9.42. The SMILES string of the molecule is CCCCCCN=C(N)c1ccc(N2CCN(c3ccccc3)CC2)cc1.Cl. The van der Waals surface area contributed by atoms with Gasteiger partial charge in [0.2, 0.25) is 0 Å². The van der Waals surface area contributed by atoms with Crippen LogP contribution in [0.3, 0.4) is 0 Å². The first kappa shape index (κ1) is 22.1. The number of benzene rings is 2. The molecule has 0 atom stereocenters. The largest absolute Gasteiger partial charge is 0.384 e. The number of rotatable bonds is 8. The predicted octanol–water partition coefficient (Wildman–Crippen LogP) is 4.72. The predicted molar refractivity (Wildman–Crippen MR) is 124 cm³/mol. The van der Waals surface area contributed by atoms with Crippen molar-refractivity contribution in [2.45, 2.75) is 32.6 Å². The Balaban J connectivity index is 0.00000280. The van der Waals surface area contributed by atoms with Gasteiger partial charge in [0.25, 0.3) is 0 Å². The van der Waals surface area contributed by atoms with Crippen LogP contribution in [0.4, 0.5) is 11.4 Å². The summed E-state index contributed by atoms with van der Waals surface area (Å²) in [5.41, 5.74) is 9.76. The summed E-state index contributed by atoms with van der Waals surface area (Å²) in [5.74, 6) is 0.659. The van der Waals surface area contributed by atoms with Crippen LogP contribution in [0.2, 0.25) is 0 Å². The standard InChI is InChI=1S/C23H32N4.ClH/c1-2-3-4-8-15-25-23(24)20-11-13-22(14-12-20)27-18-16-26(17-19-27)21-9-6-5-7-10-21;/h5-7,9-14H,2-4,8,15-19H2,1H3,(H2,24,25);1H. The van der Waals surface area contributed by atoms with Gasteiger partial charge in [0.1, 0.15) is 5.84 Å². The first-order valence-electron chi connectivity index (χ1n) is 10.2. The smallest absolute Gasteiger partial charge is 0.125 e. The zero-order valence-corrected chi connectivity index (χ0v) is 17.7. The van der Waals surface area contributed by atoms with E-state index in [-0.39, 0.29) is 12.4 Å². The molecule has 1 fully saturated rings. The van der Waals surface area contributed by atoms with Gasteiger partial charge in [-0.3, -0.25) is 4.99 Å². The summed E-state index contributed by atoms with van der Waals surface area (Å²) in [6.07, 6.45) is 4.89. The Morgan fingerprint density at radius 3 is 1.96 bits per heavy atom. The van der Waals surface area contributed by atoms with E-state index in [1.807, 2.05) is 0 Å². The van der Waals surface area contributed by atoms with Crippen molar-refractivity contribution in [3.63, 3.8) is 0 Å². The van der Waals surface area contributed by atoms with Gasteiger partial charge in [0.05, 0.1) is 0 Å². The van der Waals surface area contributed by atoms with E-state index in [4.69, 9.17) is 5.73 Å². The summed E-state index contributed by atoms with van der Waals surface area (Å²) < 4.78 is 0. The lowest BCUT2D eigenvalue weighted by Gasteiger charge is -2.37. The van der Waals surface area contributed by atoms with Gasteiger partial charge in [0, 0.05) is 49.7 Å². The third-order valence-corrected chi connectivity index (χ3v) is 5.22. The molecule has 4 nitrogen and oxygen atoms in total. The second-order valence-corrected chi connectivity index (χ2v) is 7.18. The highest BCUT2D eigenvalue weighted by Gasteiger charge is 2.17. The van der Waals surface area contributed by atoms with Crippen molar-refractivity contribution in [1.82, 2.24) is 0 Å². The lowest BCUT2D eigenvalue weighted by atomic mass is 10.1. The summed E-state index contributed by atoms with van der Waals surface area (Å²) in [6, 6.07) is 19.2. The number of hydrogen-bond donors (Lipinski definition) is 1. The number of amidine groups is 1. The summed E-state index contributed by atoms with van der Waals surface area (Å²) in [5, 5.41) is 0. The molecule has 0 radical (unpaired) electrons. The van der Waals surface area contributed by atoms with Crippen molar-refractivity contribution in [2.24, 2.45) is 10.7 Å². The Kier molecular flexibility index (Phi) is 9.15. The van der Waals surface area contributed by atoms with E-state index in [2.05, 4.69) is 76.3 Å². The van der Waals surface area contributed by atoms with Gasteiger partial charge in [0.15, 0.2) is 0 Å². The molecule has 2 aromatic rings. The van der Waals surface area contributed by atoms with Gasteiger partial charge in [-0.2, -0.15) is 0 Å². The molecule has 0 bridgehead atoms. The van der Waals surface area contributed by atoms with Gasteiger partial charge in [-0.15, -0.1) is 12.4 Å². The topological polar surface area (TPSA) is 44.9 Å². The molecule has 0 spiro atoms. The summed E-state index contributed by atoms with van der Waals surface area (Å²) in [7, 11) is 0. The monoisotopic (exact) mass is 400 g/mol. The second kappa shape index (κ2) is 11.6. The van der Waals surface area contributed by atoms with E-state index >= 15 is 0 Å². The zero-order valence-electron chi connectivity index (χ0n) is 16.9. The van der Waals surface area contributed by atoms with Gasteiger partial charge < -0.3 is 15.5 Å². The van der Waals surface area contributed by atoms with Crippen LogP contribution in [-0.2, 0) is 0 Å². The average Bonchev–Trinajstić information content (AvgIpc) is 2.74. The number of aliphatic imine (C=N–C) groups is 1. The summed E-state index contributed by atoms with van der Waals surface area (Å²) in [6.45, 7) is 7.22. The third kappa shape index (κ3) is 6.16. The maximum Gasteiger partial charge on any atom is 0.125 e. The molecule has 0 unspecified atom stereocenters. The fourth-order valence-corrected chi connectivity index (χ4v) is 3.53. The van der Waals surface area contributed by atoms with Crippen LogP contribution in [0.15, 0.2) is 59.6 Å². The second-order valence-electron chi connectivity index (χ2n) is 7.18. The van der Waals surface area contributed by atoms with E-state index in [1.165, 1.54) is 30.6 Å². The first-order chi connectivity index (χ1) is 13.3. The molecular weight excluding hydrogens is 368 g/mol. The molecule has 0 aliphatic carbocycles. The highest BCUT2D eigenvalue weighted by molar-refractivity contribution is 5.97. The zero-order chi connectivity index (χ0) is 18.9. The Morgan fingerprint density at radius 2 is 1.39 bits per heavy atom. The minimum Gasteiger partial charge on any atom is -0.384 e. The normalized spacial score (nSPS) is 14.7. The Labute approximate surface area is 175 Å². The molecule has 2 N–H and O–H groups in total. The molecule has 3 rings (SSSR count). The number of halogens is 1. The number of anilines is 2. The molecular formula is C23H33ClN4. The Bertz CT molecular complexity index is 707. The maximum absolute atomic E-state index is 6.15. The van der Waals surface area contributed by atoms with Crippen LogP contribution in [0.5, 0.6) is 0 Å². The van der Waals surface area contributed by atoms with Gasteiger partial charge in [-0.1, -0.05) is 44.4 Å². The van der Waals surface area contributed by atoms with Gasteiger partial charge in [-0.25, -0.2) is 0 Å². The number of hydrogen-bond acceptors (Lipinski definition) is 3. The van der Waals surface area contributed by atoms with Gasteiger partial charge in [-0.05, 0) is 42.8 Å². The number of para-hydroxylation sites is 1. The van der Waals surface area contributed by atoms with Gasteiger partial charge >= 0.3 is 0 Å². The lowest BCUT2D eigenvalue weighted by Crippen LogP contribution is -2.46. The minimum atomic E-state index is 0. The number of unbranched alkanes of at least 4 members (excludes halogenated alkanes) is 3. The Morgan fingerprint density at radius 1 is 0.821 bits per heavy atom. The Hall–Kier alpha value is -2.20. The number of nitrogens with two attached hydrogens (primary N) is 1. The van der Waals surface area contributed by atoms with Crippen LogP contribution >= 0.6 is 12.4 Å². The van der Waals surface area contributed by atoms with Crippen molar-refractivity contribution < 1.29 is 0 Å². The van der Waals surface area contributed by atoms with Crippen LogP contribution in [0.25, 0.3) is 0 Å². The molecule has 5 heteroatoms.